The number of likely N-dealkylation sites (N-methyl/N-ethyl adjacent to an activating group) is 1. The summed E-state index contributed by atoms with van der Waals surface area (Å²) in [7, 11) is -2.33. The van der Waals surface area contributed by atoms with Crippen molar-refractivity contribution in [3.63, 3.8) is 0 Å². The molecule has 3 aliphatic rings. The maximum absolute atomic E-state index is 13.6. The Hall–Kier alpha value is -5.29. The quantitative estimate of drug-likeness (QED) is 0.205. The minimum absolute atomic E-state index is 0.109. The molecule has 2 fully saturated rings. The highest BCUT2D eigenvalue weighted by Crippen LogP contribution is 2.38. The van der Waals surface area contributed by atoms with E-state index in [-0.39, 0.29) is 35.2 Å². The highest BCUT2D eigenvalue weighted by molar-refractivity contribution is 7.89. The van der Waals surface area contributed by atoms with Crippen LogP contribution < -0.4 is 14.5 Å². The van der Waals surface area contributed by atoms with Gasteiger partial charge >= 0.3 is 12.2 Å². The SMILES string of the molecule is CC(=O)N1CCN(c2nc(OC[C@@H]3CCCN3C)nc3c2CCN(c2cccc4cccc(C)c24)C3)C(c2ncn(S(=O)(=O)c3ccc(C(F)(F)F)cc3)n2)C1. The summed E-state index contributed by atoms with van der Waals surface area (Å²) in [5.74, 6) is 0.549. The normalized spacial score (nSPS) is 19.4. The number of anilines is 2. The number of ether oxygens (including phenoxy) is 1. The molecule has 0 N–H and O–H groups in total. The predicted octanol–water partition coefficient (Wildman–Crippen LogP) is 5.23. The van der Waals surface area contributed by atoms with Gasteiger partial charge in [-0.15, -0.1) is 9.19 Å². The zero-order chi connectivity index (χ0) is 39.4. The third kappa shape index (κ3) is 7.13. The van der Waals surface area contributed by atoms with Crippen molar-refractivity contribution in [1.82, 2.24) is 33.9 Å². The van der Waals surface area contributed by atoms with Crippen molar-refractivity contribution in [3.05, 3.63) is 95.2 Å². The second-order valence-electron chi connectivity index (χ2n) is 14.6. The molecule has 8 rings (SSSR count). The van der Waals surface area contributed by atoms with Gasteiger partial charge in [-0.25, -0.2) is 4.98 Å². The van der Waals surface area contributed by atoms with E-state index in [2.05, 4.69) is 70.3 Å². The molecule has 3 aliphatic heterocycles. The smallest absolute Gasteiger partial charge is 0.416 e. The average molecular weight is 790 g/mol. The molecule has 3 aromatic carbocycles. The molecule has 0 aliphatic carbocycles. The number of rotatable bonds is 8. The van der Waals surface area contributed by atoms with Gasteiger partial charge in [-0.1, -0.05) is 30.3 Å². The maximum Gasteiger partial charge on any atom is 0.416 e. The van der Waals surface area contributed by atoms with E-state index in [9.17, 15) is 26.4 Å². The van der Waals surface area contributed by atoms with Gasteiger partial charge in [-0.3, -0.25) is 4.79 Å². The van der Waals surface area contributed by atoms with Crippen LogP contribution in [0.2, 0.25) is 0 Å². The van der Waals surface area contributed by atoms with Crippen molar-refractivity contribution in [3.8, 4) is 6.01 Å². The van der Waals surface area contributed by atoms with Crippen molar-refractivity contribution in [2.75, 3.05) is 56.2 Å². The van der Waals surface area contributed by atoms with Gasteiger partial charge in [-0.2, -0.15) is 31.6 Å². The van der Waals surface area contributed by atoms with E-state index in [0.717, 1.165) is 60.2 Å². The third-order valence-electron chi connectivity index (χ3n) is 11.1. The molecule has 0 saturated carbocycles. The van der Waals surface area contributed by atoms with E-state index < -0.39 is 27.8 Å². The van der Waals surface area contributed by atoms with Gasteiger partial charge in [0.15, 0.2) is 5.82 Å². The molecule has 1 amide bonds. The number of carbonyl (C=O) groups is 1. The summed E-state index contributed by atoms with van der Waals surface area (Å²) in [5, 5.41) is 6.71. The molecule has 2 aromatic heterocycles. The molecule has 2 atom stereocenters. The second kappa shape index (κ2) is 14.7. The fraction of sp³-hybridized carbons (Fsp3) is 0.410. The summed E-state index contributed by atoms with van der Waals surface area (Å²) >= 11 is 0. The molecule has 13 nitrogen and oxygen atoms in total. The highest BCUT2D eigenvalue weighted by atomic mass is 32.2. The lowest BCUT2D eigenvalue weighted by atomic mass is 9.99. The Morgan fingerprint density at radius 2 is 1.75 bits per heavy atom. The van der Waals surface area contributed by atoms with E-state index in [1.165, 1.54) is 17.9 Å². The number of carbonyl (C=O) groups excluding carboxylic acids is 1. The van der Waals surface area contributed by atoms with Crippen LogP contribution in [-0.4, -0.2) is 101 Å². The summed E-state index contributed by atoms with van der Waals surface area (Å²) < 4.78 is 73.8. The third-order valence-corrected chi connectivity index (χ3v) is 12.7. The standard InChI is InChI=1S/C39H42F3N9O4S/c1-25-7-4-8-27-9-5-11-33(35(25)27)49-18-16-31-32(21-49)44-38(55-23-29-10-6-17-47(29)3)45-37(31)50-20-19-48(26(2)52)22-34(50)36-43-24-51(46-36)56(53,54)30-14-12-28(13-15-30)39(40,41)42/h4-5,7-9,11-15,24,29,34H,6,10,16-23H2,1-3H3/t29-,34?/m0/s1. The zero-order valence-electron chi connectivity index (χ0n) is 31.3. The summed E-state index contributed by atoms with van der Waals surface area (Å²) in [4.78, 5) is 35.0. The number of aryl methyl sites for hydroxylation is 1. The number of nitrogens with zero attached hydrogens (tertiary/aromatic N) is 9. The lowest BCUT2D eigenvalue weighted by molar-refractivity contribution is -0.137. The Morgan fingerprint density at radius 3 is 2.46 bits per heavy atom. The number of alkyl halides is 3. The van der Waals surface area contributed by atoms with E-state index in [0.29, 0.717) is 61.2 Å². The van der Waals surface area contributed by atoms with Gasteiger partial charge in [-0.05, 0) is 81.1 Å². The Labute approximate surface area is 322 Å². The monoisotopic (exact) mass is 789 g/mol. The van der Waals surface area contributed by atoms with Gasteiger partial charge in [0.25, 0.3) is 10.0 Å². The van der Waals surface area contributed by atoms with Crippen LogP contribution in [0.5, 0.6) is 6.01 Å². The summed E-state index contributed by atoms with van der Waals surface area (Å²) in [6.07, 6.45) is -0.916. The van der Waals surface area contributed by atoms with Crippen LogP contribution in [0.4, 0.5) is 24.7 Å². The number of likely N-dealkylation sites (tertiary alicyclic amines) is 1. The van der Waals surface area contributed by atoms with Crippen LogP contribution in [0.3, 0.4) is 0 Å². The van der Waals surface area contributed by atoms with Crippen LogP contribution in [0.25, 0.3) is 10.8 Å². The average Bonchev–Trinajstić information content (AvgIpc) is 3.86. The molecule has 56 heavy (non-hydrogen) atoms. The first-order chi connectivity index (χ1) is 26.8. The Balaban J connectivity index is 1.17. The van der Waals surface area contributed by atoms with Crippen LogP contribution in [-0.2, 0) is 34.0 Å². The molecular weight excluding hydrogens is 748 g/mol. The van der Waals surface area contributed by atoms with Crippen molar-refractivity contribution in [2.24, 2.45) is 0 Å². The predicted molar refractivity (Wildman–Crippen MR) is 203 cm³/mol. The Morgan fingerprint density at radius 1 is 0.982 bits per heavy atom. The Bertz CT molecular complexity index is 2380. The molecule has 0 spiro atoms. The van der Waals surface area contributed by atoms with Crippen LogP contribution >= 0.6 is 0 Å². The van der Waals surface area contributed by atoms with Crippen LogP contribution in [0, 0.1) is 6.92 Å². The number of aromatic nitrogens is 5. The first kappa shape index (κ1) is 37.6. The van der Waals surface area contributed by atoms with E-state index >= 15 is 0 Å². The van der Waals surface area contributed by atoms with Gasteiger partial charge in [0.1, 0.15) is 24.8 Å². The molecule has 2 saturated heterocycles. The van der Waals surface area contributed by atoms with E-state index in [4.69, 9.17) is 14.7 Å². The molecule has 17 heteroatoms. The number of fused-ring (bicyclic) bond motifs is 2. The van der Waals surface area contributed by atoms with Crippen molar-refractivity contribution < 1.29 is 31.1 Å². The molecular formula is C39H42F3N9O4S. The number of amides is 1. The largest absolute Gasteiger partial charge is 0.462 e. The number of benzene rings is 3. The minimum Gasteiger partial charge on any atom is -0.462 e. The van der Waals surface area contributed by atoms with E-state index in [1.807, 2.05) is 4.90 Å². The zero-order valence-corrected chi connectivity index (χ0v) is 32.1. The second-order valence-corrected chi connectivity index (χ2v) is 16.4. The van der Waals surface area contributed by atoms with Gasteiger partial charge < -0.3 is 24.3 Å². The summed E-state index contributed by atoms with van der Waals surface area (Å²) in [6, 6.07) is 15.5. The van der Waals surface area contributed by atoms with Gasteiger partial charge in [0.05, 0.1) is 22.7 Å². The maximum atomic E-state index is 13.6. The van der Waals surface area contributed by atoms with Gasteiger partial charge in [0.2, 0.25) is 5.91 Å². The first-order valence-electron chi connectivity index (χ1n) is 18.6. The first-order valence-corrected chi connectivity index (χ1v) is 20.0. The number of piperazine rings is 1. The molecule has 1 unspecified atom stereocenters. The fourth-order valence-corrected chi connectivity index (χ4v) is 9.08. The van der Waals surface area contributed by atoms with E-state index in [1.54, 1.807) is 4.90 Å². The lowest BCUT2D eigenvalue weighted by Gasteiger charge is -2.42. The number of hydrogen-bond acceptors (Lipinski definition) is 11. The minimum atomic E-state index is -4.62. The topological polar surface area (TPSA) is 130 Å². The fourth-order valence-electron chi connectivity index (χ4n) is 8.02. The van der Waals surface area contributed by atoms with Gasteiger partial charge in [0, 0.05) is 55.8 Å². The van der Waals surface area contributed by atoms with Crippen LogP contribution in [0.15, 0.2) is 71.9 Å². The summed E-state index contributed by atoms with van der Waals surface area (Å²) in [5.41, 5.74) is 3.04. The molecule has 0 bridgehead atoms. The Kier molecular flexibility index (Phi) is 9.85. The summed E-state index contributed by atoms with van der Waals surface area (Å²) in [6.45, 7) is 7.01. The van der Waals surface area contributed by atoms with Crippen molar-refractivity contribution in [1.29, 1.82) is 0 Å². The molecule has 5 heterocycles. The lowest BCUT2D eigenvalue weighted by Crippen LogP contribution is -2.51. The molecule has 294 valence electrons. The molecule has 5 aromatic rings. The number of halogens is 3. The van der Waals surface area contributed by atoms with Crippen LogP contribution in [0.1, 0.15) is 54.0 Å². The molecule has 0 radical (unpaired) electrons. The highest BCUT2D eigenvalue weighted by Gasteiger charge is 2.38. The van der Waals surface area contributed by atoms with Crippen molar-refractivity contribution in [2.45, 2.75) is 62.8 Å². The number of hydrogen-bond donors (Lipinski definition) is 0. The van der Waals surface area contributed by atoms with Crippen molar-refractivity contribution >= 4 is 38.2 Å².